The molecule has 0 bridgehead atoms. The van der Waals surface area contributed by atoms with Crippen LogP contribution in [0.2, 0.25) is 0 Å². The SMILES string of the molecule is CCOC(=O)c1cc(NCC2CCCS2(=O)=O)ncc1N. The molecular formula is C13H19N3O4S. The highest BCUT2D eigenvalue weighted by molar-refractivity contribution is 7.92. The fourth-order valence-corrected chi connectivity index (χ4v) is 4.02. The number of ether oxygens (including phenoxy) is 1. The fourth-order valence-electron chi connectivity index (χ4n) is 2.25. The Morgan fingerprint density at radius 1 is 1.57 bits per heavy atom. The molecule has 7 nitrogen and oxygen atoms in total. The first-order chi connectivity index (χ1) is 9.94. The predicted molar refractivity (Wildman–Crippen MR) is 79.9 cm³/mol. The minimum Gasteiger partial charge on any atom is -0.462 e. The topological polar surface area (TPSA) is 111 Å². The largest absolute Gasteiger partial charge is 0.462 e. The van der Waals surface area contributed by atoms with Gasteiger partial charge in [-0.1, -0.05) is 0 Å². The standard InChI is InChI=1S/C13H19N3O4S/c1-2-20-13(17)10-6-12(16-8-11(10)14)15-7-9-4-3-5-21(9,18)19/h6,8-9H,2-5,7,14H2,1H3,(H,15,16). The van der Waals surface area contributed by atoms with Gasteiger partial charge in [0, 0.05) is 6.54 Å². The Hall–Kier alpha value is -1.83. The molecule has 3 N–H and O–H groups in total. The quantitative estimate of drug-likeness (QED) is 0.774. The van der Waals surface area contributed by atoms with Crippen LogP contribution in [0.4, 0.5) is 11.5 Å². The summed E-state index contributed by atoms with van der Waals surface area (Å²) in [6.45, 7) is 2.24. The lowest BCUT2D eigenvalue weighted by Gasteiger charge is -2.12. The van der Waals surface area contributed by atoms with Crippen molar-refractivity contribution in [3.8, 4) is 0 Å². The summed E-state index contributed by atoms with van der Waals surface area (Å²) in [5, 5.41) is 2.55. The molecule has 0 spiro atoms. The number of rotatable bonds is 5. The van der Waals surface area contributed by atoms with E-state index in [1.165, 1.54) is 12.3 Å². The van der Waals surface area contributed by atoms with Crippen molar-refractivity contribution in [2.24, 2.45) is 0 Å². The number of hydrogen-bond donors (Lipinski definition) is 2. The minimum atomic E-state index is -3.01. The second-order valence-corrected chi connectivity index (χ2v) is 7.29. The number of nitrogens with zero attached hydrogens (tertiary/aromatic N) is 1. The number of pyridine rings is 1. The molecule has 0 aromatic carbocycles. The Bertz CT molecular complexity index is 630. The van der Waals surface area contributed by atoms with Crippen molar-refractivity contribution < 1.29 is 17.9 Å². The first-order valence-corrected chi connectivity index (χ1v) is 8.53. The van der Waals surface area contributed by atoms with Gasteiger partial charge in [-0.15, -0.1) is 0 Å². The first kappa shape index (κ1) is 15.6. The number of nitrogens with one attached hydrogen (secondary N) is 1. The zero-order valence-corrected chi connectivity index (χ0v) is 12.6. The molecule has 1 unspecified atom stereocenters. The van der Waals surface area contributed by atoms with Crippen molar-refractivity contribution >= 4 is 27.3 Å². The molecule has 1 fully saturated rings. The van der Waals surface area contributed by atoms with Crippen molar-refractivity contribution in [1.29, 1.82) is 0 Å². The molecular weight excluding hydrogens is 294 g/mol. The van der Waals surface area contributed by atoms with Crippen LogP contribution in [0.3, 0.4) is 0 Å². The van der Waals surface area contributed by atoms with Crippen LogP contribution in [0, 0.1) is 0 Å². The van der Waals surface area contributed by atoms with Gasteiger partial charge in [0.05, 0.1) is 35.1 Å². The minimum absolute atomic E-state index is 0.226. The number of anilines is 2. The van der Waals surface area contributed by atoms with Crippen molar-refractivity contribution in [1.82, 2.24) is 4.98 Å². The number of nitrogen functional groups attached to an aromatic ring is 1. The van der Waals surface area contributed by atoms with Gasteiger partial charge in [-0.2, -0.15) is 0 Å². The van der Waals surface area contributed by atoms with E-state index in [0.29, 0.717) is 18.7 Å². The molecule has 0 aliphatic carbocycles. The molecule has 1 saturated heterocycles. The zero-order chi connectivity index (χ0) is 15.5. The van der Waals surface area contributed by atoms with Gasteiger partial charge in [0.1, 0.15) is 5.82 Å². The molecule has 8 heteroatoms. The first-order valence-electron chi connectivity index (χ1n) is 6.82. The average Bonchev–Trinajstić information content (AvgIpc) is 2.77. The molecule has 1 aliphatic heterocycles. The Kier molecular flexibility index (Phi) is 4.66. The number of sulfone groups is 1. The summed E-state index contributed by atoms with van der Waals surface area (Å²) >= 11 is 0. The van der Waals surface area contributed by atoms with E-state index < -0.39 is 21.1 Å². The number of carbonyl (C=O) groups excluding carboxylic acids is 1. The molecule has 116 valence electrons. The van der Waals surface area contributed by atoms with Gasteiger partial charge in [0.25, 0.3) is 0 Å². The third kappa shape index (κ3) is 3.63. The van der Waals surface area contributed by atoms with Crippen LogP contribution >= 0.6 is 0 Å². The number of esters is 1. The van der Waals surface area contributed by atoms with Crippen LogP contribution in [0.15, 0.2) is 12.3 Å². The van der Waals surface area contributed by atoms with Crippen LogP contribution < -0.4 is 11.1 Å². The van der Waals surface area contributed by atoms with E-state index in [0.717, 1.165) is 0 Å². The lowest BCUT2D eigenvalue weighted by molar-refractivity contribution is 0.0527. The zero-order valence-electron chi connectivity index (χ0n) is 11.8. The van der Waals surface area contributed by atoms with E-state index in [-0.39, 0.29) is 30.2 Å². The normalized spacial score (nSPS) is 20.1. The molecule has 0 saturated carbocycles. The Labute approximate surface area is 123 Å². The molecule has 1 aliphatic rings. The lowest BCUT2D eigenvalue weighted by atomic mass is 10.2. The van der Waals surface area contributed by atoms with E-state index in [9.17, 15) is 13.2 Å². The highest BCUT2D eigenvalue weighted by Crippen LogP contribution is 2.21. The molecule has 0 radical (unpaired) electrons. The van der Waals surface area contributed by atoms with Crippen molar-refractivity contribution in [3.05, 3.63) is 17.8 Å². The smallest absolute Gasteiger partial charge is 0.340 e. The van der Waals surface area contributed by atoms with E-state index in [1.807, 2.05) is 0 Å². The Balaban J connectivity index is 2.07. The number of aromatic nitrogens is 1. The van der Waals surface area contributed by atoms with Gasteiger partial charge in [0.15, 0.2) is 9.84 Å². The van der Waals surface area contributed by atoms with Crippen LogP contribution in [0.1, 0.15) is 30.1 Å². The second-order valence-electron chi connectivity index (χ2n) is 4.89. The molecule has 2 rings (SSSR count). The van der Waals surface area contributed by atoms with Gasteiger partial charge >= 0.3 is 5.97 Å². The van der Waals surface area contributed by atoms with Gasteiger partial charge in [-0.25, -0.2) is 18.2 Å². The summed E-state index contributed by atoms with van der Waals surface area (Å²) in [5.41, 5.74) is 6.15. The van der Waals surface area contributed by atoms with E-state index in [1.54, 1.807) is 6.92 Å². The summed E-state index contributed by atoms with van der Waals surface area (Å²) in [6.07, 6.45) is 2.70. The second kappa shape index (κ2) is 6.30. The third-order valence-electron chi connectivity index (χ3n) is 3.40. The number of hydrogen-bond acceptors (Lipinski definition) is 7. The highest BCUT2D eigenvalue weighted by Gasteiger charge is 2.30. The molecule has 1 aromatic rings. The Morgan fingerprint density at radius 2 is 2.33 bits per heavy atom. The summed E-state index contributed by atoms with van der Waals surface area (Å²) in [5.74, 6) is 0.131. The molecule has 1 aromatic heterocycles. The van der Waals surface area contributed by atoms with Gasteiger partial charge in [-0.3, -0.25) is 0 Å². The number of nitrogens with two attached hydrogens (primary N) is 1. The van der Waals surface area contributed by atoms with Crippen LogP contribution in [-0.4, -0.2) is 43.5 Å². The molecule has 21 heavy (non-hydrogen) atoms. The van der Waals surface area contributed by atoms with Crippen LogP contribution in [0.5, 0.6) is 0 Å². The molecule has 2 heterocycles. The summed E-state index contributed by atoms with van der Waals surface area (Å²) in [6, 6.07) is 1.48. The maximum atomic E-state index is 11.7. The molecule has 0 amide bonds. The monoisotopic (exact) mass is 313 g/mol. The van der Waals surface area contributed by atoms with Crippen LogP contribution in [0.25, 0.3) is 0 Å². The van der Waals surface area contributed by atoms with Crippen molar-refractivity contribution in [2.45, 2.75) is 25.0 Å². The van der Waals surface area contributed by atoms with Crippen molar-refractivity contribution in [3.63, 3.8) is 0 Å². The number of carbonyl (C=O) groups is 1. The van der Waals surface area contributed by atoms with Crippen molar-refractivity contribution in [2.75, 3.05) is 30.0 Å². The summed E-state index contributed by atoms with van der Waals surface area (Å²) < 4.78 is 28.4. The molecule has 1 atom stereocenters. The maximum Gasteiger partial charge on any atom is 0.340 e. The van der Waals surface area contributed by atoms with Crippen LogP contribution in [-0.2, 0) is 14.6 Å². The predicted octanol–water partition coefficient (Wildman–Crippen LogP) is 0.830. The highest BCUT2D eigenvalue weighted by atomic mass is 32.2. The fraction of sp³-hybridized carbons (Fsp3) is 0.538. The van der Waals surface area contributed by atoms with E-state index in [2.05, 4.69) is 10.3 Å². The van der Waals surface area contributed by atoms with E-state index >= 15 is 0 Å². The van der Waals surface area contributed by atoms with Gasteiger partial charge in [0.2, 0.25) is 0 Å². The van der Waals surface area contributed by atoms with Gasteiger partial charge < -0.3 is 15.8 Å². The Morgan fingerprint density at radius 3 is 2.95 bits per heavy atom. The summed E-state index contributed by atoms with van der Waals surface area (Å²) in [7, 11) is -3.01. The lowest BCUT2D eigenvalue weighted by Crippen LogP contribution is -2.25. The maximum absolute atomic E-state index is 11.7. The average molecular weight is 313 g/mol. The summed E-state index contributed by atoms with van der Waals surface area (Å²) in [4.78, 5) is 15.8. The third-order valence-corrected chi connectivity index (χ3v) is 5.68. The van der Waals surface area contributed by atoms with E-state index in [4.69, 9.17) is 10.5 Å². The van der Waals surface area contributed by atoms with Gasteiger partial charge in [-0.05, 0) is 25.8 Å².